The van der Waals surface area contributed by atoms with Crippen LogP contribution in [0.3, 0.4) is 0 Å². The fourth-order valence-corrected chi connectivity index (χ4v) is 6.70. The van der Waals surface area contributed by atoms with Crippen LogP contribution in [-0.4, -0.2) is 19.9 Å². The molecule has 5 heteroatoms. The van der Waals surface area contributed by atoms with Gasteiger partial charge in [-0.15, -0.1) is 11.3 Å². The van der Waals surface area contributed by atoms with E-state index in [1.54, 1.807) is 0 Å². The third-order valence-electron chi connectivity index (χ3n) is 7.38. The van der Waals surface area contributed by atoms with E-state index in [0.717, 1.165) is 27.6 Å². The summed E-state index contributed by atoms with van der Waals surface area (Å²) in [4.78, 5) is 19.4. The topological polar surface area (TPSA) is 51.6 Å². The second kappa shape index (κ2) is 9.73. The Morgan fingerprint density at radius 1 is 0.488 bits per heavy atom. The van der Waals surface area contributed by atoms with Crippen molar-refractivity contribution in [3.8, 4) is 45.3 Å². The predicted molar refractivity (Wildman–Crippen MR) is 170 cm³/mol. The first-order chi connectivity index (χ1) is 20.3. The van der Waals surface area contributed by atoms with Crippen LogP contribution in [0.15, 0.2) is 134 Å². The van der Waals surface area contributed by atoms with E-state index in [1.807, 2.05) is 84.3 Å². The third kappa shape index (κ3) is 4.15. The van der Waals surface area contributed by atoms with Crippen LogP contribution in [-0.2, 0) is 0 Å². The summed E-state index contributed by atoms with van der Waals surface area (Å²) in [5, 5.41) is 3.50. The minimum atomic E-state index is 0.663. The van der Waals surface area contributed by atoms with Crippen molar-refractivity contribution in [2.24, 2.45) is 0 Å². The van der Waals surface area contributed by atoms with E-state index >= 15 is 0 Å². The molecule has 0 N–H and O–H groups in total. The van der Waals surface area contributed by atoms with Crippen LogP contribution in [0.25, 0.3) is 76.4 Å². The molecule has 0 unspecified atom stereocenters. The smallest absolute Gasteiger partial charge is 0.164 e. The summed E-state index contributed by atoms with van der Waals surface area (Å²) in [6, 6.07) is 43.8. The Hall–Kier alpha value is -5.26. The van der Waals surface area contributed by atoms with Crippen LogP contribution >= 0.6 is 11.3 Å². The molecular formula is C36H22N4S. The van der Waals surface area contributed by atoms with Gasteiger partial charge in [0.05, 0.1) is 5.52 Å². The highest BCUT2D eigenvalue weighted by atomic mass is 32.1. The monoisotopic (exact) mass is 542 g/mol. The molecule has 3 aromatic heterocycles. The SMILES string of the molecule is c1ccc(-c2nc(-c3ccccc3)nc(-c3cccc4sc5c(-c6ccc7ncccc7c6)cccc5c34)n2)cc1. The minimum Gasteiger partial charge on any atom is -0.256 e. The van der Waals surface area contributed by atoms with Crippen LogP contribution in [0.4, 0.5) is 0 Å². The van der Waals surface area contributed by atoms with Gasteiger partial charge in [-0.2, -0.15) is 0 Å². The minimum absolute atomic E-state index is 0.663. The summed E-state index contributed by atoms with van der Waals surface area (Å²) in [7, 11) is 0. The molecule has 0 saturated carbocycles. The molecular weight excluding hydrogens is 520 g/mol. The lowest BCUT2D eigenvalue weighted by molar-refractivity contribution is 1.08. The van der Waals surface area contributed by atoms with Crippen molar-refractivity contribution in [1.29, 1.82) is 0 Å². The van der Waals surface area contributed by atoms with E-state index < -0.39 is 0 Å². The van der Waals surface area contributed by atoms with Crippen LogP contribution < -0.4 is 0 Å². The third-order valence-corrected chi connectivity index (χ3v) is 8.58. The molecule has 0 amide bonds. The molecule has 192 valence electrons. The average molecular weight is 543 g/mol. The summed E-state index contributed by atoms with van der Waals surface area (Å²) < 4.78 is 2.45. The Morgan fingerprint density at radius 2 is 1.17 bits per heavy atom. The van der Waals surface area contributed by atoms with Gasteiger partial charge in [-0.1, -0.05) is 103 Å². The highest BCUT2D eigenvalue weighted by Gasteiger charge is 2.18. The zero-order valence-corrected chi connectivity index (χ0v) is 22.7. The number of thiophene rings is 1. The number of nitrogens with zero attached hydrogens (tertiary/aromatic N) is 4. The van der Waals surface area contributed by atoms with Gasteiger partial charge in [0.25, 0.3) is 0 Å². The van der Waals surface area contributed by atoms with Crippen molar-refractivity contribution in [3.63, 3.8) is 0 Å². The zero-order valence-electron chi connectivity index (χ0n) is 21.9. The number of aromatic nitrogens is 4. The lowest BCUT2D eigenvalue weighted by Gasteiger charge is -2.09. The van der Waals surface area contributed by atoms with E-state index in [-0.39, 0.29) is 0 Å². The lowest BCUT2D eigenvalue weighted by Crippen LogP contribution is -2.00. The first-order valence-electron chi connectivity index (χ1n) is 13.5. The van der Waals surface area contributed by atoms with Crippen molar-refractivity contribution < 1.29 is 0 Å². The number of pyridine rings is 1. The Labute approximate surface area is 240 Å². The fraction of sp³-hybridized carbons (Fsp3) is 0. The molecule has 0 aliphatic heterocycles. The summed E-state index contributed by atoms with van der Waals surface area (Å²) in [6.45, 7) is 0. The Balaban J connectivity index is 1.36. The molecule has 0 aliphatic rings. The number of fused-ring (bicyclic) bond motifs is 4. The van der Waals surface area contributed by atoms with Crippen LogP contribution in [0, 0.1) is 0 Å². The summed E-state index contributed by atoms with van der Waals surface area (Å²) in [5.74, 6) is 2.00. The molecule has 41 heavy (non-hydrogen) atoms. The van der Waals surface area contributed by atoms with E-state index in [1.165, 1.54) is 31.3 Å². The Bertz CT molecular complexity index is 2150. The van der Waals surface area contributed by atoms with Gasteiger partial charge < -0.3 is 0 Å². The summed E-state index contributed by atoms with van der Waals surface area (Å²) >= 11 is 1.81. The lowest BCUT2D eigenvalue weighted by atomic mass is 9.99. The molecule has 0 atom stereocenters. The molecule has 5 aromatic carbocycles. The number of rotatable bonds is 4. The van der Waals surface area contributed by atoms with Crippen LogP contribution in [0.1, 0.15) is 0 Å². The molecule has 4 nitrogen and oxygen atoms in total. The maximum Gasteiger partial charge on any atom is 0.164 e. The number of benzene rings is 5. The van der Waals surface area contributed by atoms with Gasteiger partial charge in [0, 0.05) is 48.4 Å². The summed E-state index contributed by atoms with van der Waals surface area (Å²) in [6.07, 6.45) is 1.84. The van der Waals surface area contributed by atoms with Crippen LogP contribution in [0.5, 0.6) is 0 Å². The second-order valence-corrected chi connectivity index (χ2v) is 11.0. The van der Waals surface area contributed by atoms with Crippen molar-refractivity contribution in [2.75, 3.05) is 0 Å². The maximum absolute atomic E-state index is 5.03. The van der Waals surface area contributed by atoms with E-state index in [0.29, 0.717) is 17.5 Å². The van der Waals surface area contributed by atoms with Gasteiger partial charge in [-0.25, -0.2) is 15.0 Å². The molecule has 0 aliphatic carbocycles. The van der Waals surface area contributed by atoms with Crippen LogP contribution in [0.2, 0.25) is 0 Å². The standard InChI is InChI=1S/C36H22N4S/c1-3-10-23(11-4-1)34-38-35(24-12-5-2-6-13-24)40-36(39-34)29-17-8-18-31-32(29)28-16-7-15-27(33(28)41-31)25-19-20-30-26(22-25)14-9-21-37-30/h1-22H. The van der Waals surface area contributed by atoms with Crippen molar-refractivity contribution in [1.82, 2.24) is 19.9 Å². The Morgan fingerprint density at radius 3 is 1.93 bits per heavy atom. The molecule has 0 fully saturated rings. The highest BCUT2D eigenvalue weighted by molar-refractivity contribution is 7.26. The van der Waals surface area contributed by atoms with E-state index in [4.69, 9.17) is 15.0 Å². The van der Waals surface area contributed by atoms with Crippen molar-refractivity contribution in [2.45, 2.75) is 0 Å². The van der Waals surface area contributed by atoms with Gasteiger partial charge in [0.15, 0.2) is 17.5 Å². The molecule has 0 spiro atoms. The van der Waals surface area contributed by atoms with Crippen molar-refractivity contribution in [3.05, 3.63) is 134 Å². The Kier molecular flexibility index (Phi) is 5.61. The number of hydrogen-bond donors (Lipinski definition) is 0. The molecule has 0 saturated heterocycles. The highest BCUT2D eigenvalue weighted by Crippen LogP contribution is 2.43. The molecule has 0 radical (unpaired) electrons. The molecule has 0 bridgehead atoms. The van der Waals surface area contributed by atoms with Gasteiger partial charge in [0.1, 0.15) is 0 Å². The number of hydrogen-bond acceptors (Lipinski definition) is 5. The quantitative estimate of drug-likeness (QED) is 0.222. The van der Waals surface area contributed by atoms with Gasteiger partial charge >= 0.3 is 0 Å². The summed E-state index contributed by atoms with van der Waals surface area (Å²) in [5.41, 5.74) is 6.33. The van der Waals surface area contributed by atoms with E-state index in [2.05, 4.69) is 65.6 Å². The second-order valence-electron chi connectivity index (χ2n) is 9.91. The van der Waals surface area contributed by atoms with Gasteiger partial charge in [-0.3, -0.25) is 4.98 Å². The molecule has 8 rings (SSSR count). The maximum atomic E-state index is 5.03. The normalized spacial score (nSPS) is 11.4. The van der Waals surface area contributed by atoms with Crippen molar-refractivity contribution >= 4 is 42.4 Å². The van der Waals surface area contributed by atoms with Gasteiger partial charge in [0.2, 0.25) is 0 Å². The molecule has 3 heterocycles. The fourth-order valence-electron chi connectivity index (χ4n) is 5.43. The zero-order chi connectivity index (χ0) is 27.2. The first-order valence-corrected chi connectivity index (χ1v) is 14.3. The van der Waals surface area contributed by atoms with Gasteiger partial charge in [-0.05, 0) is 35.4 Å². The average Bonchev–Trinajstić information content (AvgIpc) is 3.44. The first kappa shape index (κ1) is 23.6. The van der Waals surface area contributed by atoms with E-state index in [9.17, 15) is 0 Å². The molecule has 8 aromatic rings. The largest absolute Gasteiger partial charge is 0.256 e. The predicted octanol–water partition coefficient (Wildman–Crippen LogP) is 9.46.